The first-order chi connectivity index (χ1) is 9.36. The molecule has 1 amide bonds. The standard InChI is InChI=1S/C13H6Br2ClF2NO/c14-7-1-6(2-9(16)3-7)13(20)19-12-10(17)4-8(15)5-11(12)18/h1-5H,(H,19,20). The van der Waals surface area contributed by atoms with Gasteiger partial charge in [0.25, 0.3) is 5.91 Å². The number of hydrogen-bond donors (Lipinski definition) is 1. The van der Waals surface area contributed by atoms with Gasteiger partial charge in [-0.1, -0.05) is 43.5 Å². The number of amides is 1. The van der Waals surface area contributed by atoms with Crippen LogP contribution in [0.3, 0.4) is 0 Å². The zero-order valence-electron chi connectivity index (χ0n) is 9.68. The van der Waals surface area contributed by atoms with E-state index in [0.29, 0.717) is 9.50 Å². The van der Waals surface area contributed by atoms with Crippen molar-refractivity contribution >= 4 is 55.1 Å². The molecule has 0 saturated carbocycles. The third-order valence-corrected chi connectivity index (χ3v) is 3.50. The van der Waals surface area contributed by atoms with Crippen molar-refractivity contribution in [2.45, 2.75) is 0 Å². The maximum absolute atomic E-state index is 13.6. The van der Waals surface area contributed by atoms with Crippen LogP contribution in [-0.4, -0.2) is 5.91 Å². The molecule has 0 fully saturated rings. The Balaban J connectivity index is 2.32. The van der Waals surface area contributed by atoms with Crippen molar-refractivity contribution in [2.24, 2.45) is 0 Å². The van der Waals surface area contributed by atoms with Crippen molar-refractivity contribution in [2.75, 3.05) is 5.32 Å². The lowest BCUT2D eigenvalue weighted by Gasteiger charge is -2.09. The molecule has 0 aliphatic rings. The molecule has 0 atom stereocenters. The molecule has 0 heterocycles. The Bertz CT molecular complexity index is 651. The number of carbonyl (C=O) groups is 1. The summed E-state index contributed by atoms with van der Waals surface area (Å²) in [6.07, 6.45) is 0. The van der Waals surface area contributed by atoms with Gasteiger partial charge in [-0.3, -0.25) is 4.79 Å². The quantitative estimate of drug-likeness (QED) is 0.686. The monoisotopic (exact) mass is 423 g/mol. The van der Waals surface area contributed by atoms with Crippen molar-refractivity contribution in [3.8, 4) is 0 Å². The number of hydrogen-bond acceptors (Lipinski definition) is 1. The van der Waals surface area contributed by atoms with Gasteiger partial charge in [0, 0.05) is 19.5 Å². The molecule has 2 nitrogen and oxygen atoms in total. The van der Waals surface area contributed by atoms with Crippen LogP contribution >= 0.6 is 43.5 Å². The minimum absolute atomic E-state index is 0.186. The molecule has 2 aromatic rings. The Morgan fingerprint density at radius 3 is 2.10 bits per heavy atom. The topological polar surface area (TPSA) is 29.1 Å². The van der Waals surface area contributed by atoms with E-state index in [4.69, 9.17) is 11.6 Å². The fourth-order valence-corrected chi connectivity index (χ4v) is 2.79. The smallest absolute Gasteiger partial charge is 0.255 e. The van der Waals surface area contributed by atoms with Crippen LogP contribution in [0.5, 0.6) is 0 Å². The Kier molecular flexibility index (Phi) is 4.78. The van der Waals surface area contributed by atoms with E-state index < -0.39 is 23.2 Å². The number of nitrogens with one attached hydrogen (secondary N) is 1. The van der Waals surface area contributed by atoms with Crippen LogP contribution < -0.4 is 5.32 Å². The van der Waals surface area contributed by atoms with Crippen molar-refractivity contribution < 1.29 is 13.6 Å². The highest BCUT2D eigenvalue weighted by atomic mass is 79.9. The fraction of sp³-hybridized carbons (Fsp3) is 0. The number of carbonyl (C=O) groups excluding carboxylic acids is 1. The van der Waals surface area contributed by atoms with Crippen LogP contribution in [0.15, 0.2) is 39.3 Å². The van der Waals surface area contributed by atoms with Gasteiger partial charge in [-0.25, -0.2) is 8.78 Å². The molecule has 1 N–H and O–H groups in total. The Morgan fingerprint density at radius 2 is 1.55 bits per heavy atom. The van der Waals surface area contributed by atoms with Gasteiger partial charge in [-0.15, -0.1) is 0 Å². The summed E-state index contributed by atoms with van der Waals surface area (Å²) in [4.78, 5) is 12.0. The average molecular weight is 425 g/mol. The maximum atomic E-state index is 13.6. The highest BCUT2D eigenvalue weighted by molar-refractivity contribution is 9.10. The van der Waals surface area contributed by atoms with E-state index in [2.05, 4.69) is 37.2 Å². The summed E-state index contributed by atoms with van der Waals surface area (Å²) in [6, 6.07) is 6.62. The van der Waals surface area contributed by atoms with E-state index >= 15 is 0 Å². The third-order valence-electron chi connectivity index (χ3n) is 2.37. The van der Waals surface area contributed by atoms with Crippen LogP contribution in [0.4, 0.5) is 14.5 Å². The number of rotatable bonds is 2. The van der Waals surface area contributed by atoms with E-state index in [9.17, 15) is 13.6 Å². The first kappa shape index (κ1) is 15.4. The number of anilines is 1. The molecule has 7 heteroatoms. The molecular formula is C13H6Br2ClF2NO. The summed E-state index contributed by atoms with van der Waals surface area (Å²) < 4.78 is 28.1. The van der Waals surface area contributed by atoms with Gasteiger partial charge in [0.15, 0.2) is 11.6 Å². The minimum Gasteiger partial charge on any atom is -0.317 e. The molecule has 0 aliphatic carbocycles. The molecule has 0 spiro atoms. The SMILES string of the molecule is O=C(Nc1c(F)cc(Br)cc1F)c1cc(Cl)cc(Br)c1. The number of benzene rings is 2. The molecule has 0 aromatic heterocycles. The Labute approximate surface area is 135 Å². The van der Waals surface area contributed by atoms with Gasteiger partial charge in [-0.05, 0) is 30.3 Å². The molecule has 0 radical (unpaired) electrons. The lowest BCUT2D eigenvalue weighted by molar-refractivity contribution is 0.102. The van der Waals surface area contributed by atoms with Gasteiger partial charge < -0.3 is 5.32 Å². The summed E-state index contributed by atoms with van der Waals surface area (Å²) >= 11 is 12.0. The molecular weight excluding hydrogens is 419 g/mol. The second-order valence-electron chi connectivity index (χ2n) is 3.86. The van der Waals surface area contributed by atoms with Crippen LogP contribution in [0, 0.1) is 11.6 Å². The van der Waals surface area contributed by atoms with Crippen LogP contribution in [0.25, 0.3) is 0 Å². The van der Waals surface area contributed by atoms with Crippen molar-refractivity contribution in [3.05, 3.63) is 61.5 Å². The fourth-order valence-electron chi connectivity index (χ4n) is 1.53. The predicted molar refractivity (Wildman–Crippen MR) is 81.2 cm³/mol. The summed E-state index contributed by atoms with van der Waals surface area (Å²) in [5.41, 5.74) is -0.319. The van der Waals surface area contributed by atoms with Crippen LogP contribution in [0.2, 0.25) is 5.02 Å². The van der Waals surface area contributed by atoms with Crippen molar-refractivity contribution in [1.29, 1.82) is 0 Å². The highest BCUT2D eigenvalue weighted by Gasteiger charge is 2.15. The molecule has 0 aliphatic heterocycles. The third kappa shape index (κ3) is 3.56. The Morgan fingerprint density at radius 1 is 1.00 bits per heavy atom. The van der Waals surface area contributed by atoms with Gasteiger partial charge in [0.05, 0.1) is 0 Å². The van der Waals surface area contributed by atoms with Crippen LogP contribution in [0.1, 0.15) is 10.4 Å². The van der Waals surface area contributed by atoms with Gasteiger partial charge in [0.2, 0.25) is 0 Å². The molecule has 104 valence electrons. The molecule has 2 aromatic carbocycles. The molecule has 0 bridgehead atoms. The maximum Gasteiger partial charge on any atom is 0.255 e. The zero-order chi connectivity index (χ0) is 14.9. The predicted octanol–water partition coefficient (Wildman–Crippen LogP) is 5.40. The van der Waals surface area contributed by atoms with E-state index in [1.165, 1.54) is 12.1 Å². The summed E-state index contributed by atoms with van der Waals surface area (Å²) in [5, 5.41) is 2.52. The normalized spacial score (nSPS) is 10.4. The van der Waals surface area contributed by atoms with Gasteiger partial charge >= 0.3 is 0 Å². The average Bonchev–Trinajstić information content (AvgIpc) is 2.32. The summed E-state index contributed by atoms with van der Waals surface area (Å²) in [7, 11) is 0. The Hall–Kier alpha value is -0.980. The lowest BCUT2D eigenvalue weighted by Crippen LogP contribution is -2.14. The second kappa shape index (κ2) is 6.20. The summed E-state index contributed by atoms with van der Waals surface area (Å²) in [5.74, 6) is -2.40. The highest BCUT2D eigenvalue weighted by Crippen LogP contribution is 2.25. The molecule has 0 unspecified atom stereocenters. The van der Waals surface area contributed by atoms with Gasteiger partial charge in [0.1, 0.15) is 5.69 Å². The summed E-state index contributed by atoms with van der Waals surface area (Å²) in [6.45, 7) is 0. The van der Waals surface area contributed by atoms with E-state index in [1.807, 2.05) is 0 Å². The van der Waals surface area contributed by atoms with Crippen molar-refractivity contribution in [1.82, 2.24) is 0 Å². The second-order valence-corrected chi connectivity index (χ2v) is 6.12. The van der Waals surface area contributed by atoms with Crippen LogP contribution in [-0.2, 0) is 0 Å². The van der Waals surface area contributed by atoms with E-state index in [0.717, 1.165) is 12.1 Å². The van der Waals surface area contributed by atoms with Crippen molar-refractivity contribution in [3.63, 3.8) is 0 Å². The van der Waals surface area contributed by atoms with E-state index in [1.54, 1.807) is 6.07 Å². The molecule has 0 saturated heterocycles. The zero-order valence-corrected chi connectivity index (χ0v) is 13.6. The van der Waals surface area contributed by atoms with Gasteiger partial charge in [-0.2, -0.15) is 0 Å². The first-order valence-electron chi connectivity index (χ1n) is 5.29. The van der Waals surface area contributed by atoms with E-state index in [-0.39, 0.29) is 10.0 Å². The molecule has 2 rings (SSSR count). The largest absolute Gasteiger partial charge is 0.317 e. The number of halogens is 5. The lowest BCUT2D eigenvalue weighted by atomic mass is 10.2. The first-order valence-corrected chi connectivity index (χ1v) is 7.25. The molecule has 20 heavy (non-hydrogen) atoms. The minimum atomic E-state index is -0.869.